The molecule has 2 aromatic carbocycles. The molecule has 3 aromatic rings. The van der Waals surface area contributed by atoms with Crippen LogP contribution in [0.15, 0.2) is 41.4 Å². The first-order valence-corrected chi connectivity index (χ1v) is 10.8. The lowest BCUT2D eigenvalue weighted by Gasteiger charge is -2.13. The van der Waals surface area contributed by atoms with Gasteiger partial charge >= 0.3 is 0 Å². The van der Waals surface area contributed by atoms with E-state index in [1.165, 1.54) is 16.2 Å². The Labute approximate surface area is 183 Å². The first-order valence-electron chi connectivity index (χ1n) is 10.0. The van der Waals surface area contributed by atoms with Crippen LogP contribution in [0.5, 0.6) is 0 Å². The summed E-state index contributed by atoms with van der Waals surface area (Å²) < 4.78 is 8.35. The summed E-state index contributed by atoms with van der Waals surface area (Å²) in [6.45, 7) is 5.19. The summed E-state index contributed by atoms with van der Waals surface area (Å²) in [7, 11) is 1.64. The number of nitrogens with zero attached hydrogens (tertiary/aromatic N) is 3. The van der Waals surface area contributed by atoms with Gasteiger partial charge in [0, 0.05) is 32.1 Å². The van der Waals surface area contributed by atoms with Gasteiger partial charge in [-0.15, -0.1) is 0 Å². The Balaban J connectivity index is 1.71. The first-order chi connectivity index (χ1) is 14.9. The lowest BCUT2D eigenvalue weighted by Crippen LogP contribution is -2.28. The van der Waals surface area contributed by atoms with Crippen molar-refractivity contribution in [3.05, 3.63) is 57.9 Å². The predicted molar refractivity (Wildman–Crippen MR) is 119 cm³/mol. The number of rotatable bonds is 5. The van der Waals surface area contributed by atoms with Crippen LogP contribution in [-0.2, 0) is 20.9 Å². The van der Waals surface area contributed by atoms with Crippen molar-refractivity contribution in [2.75, 3.05) is 18.6 Å². The van der Waals surface area contributed by atoms with Gasteiger partial charge in [-0.2, -0.15) is 4.99 Å². The van der Waals surface area contributed by atoms with Crippen LogP contribution >= 0.6 is 11.3 Å². The van der Waals surface area contributed by atoms with Crippen molar-refractivity contribution >= 4 is 45.0 Å². The van der Waals surface area contributed by atoms with E-state index < -0.39 is 0 Å². The third kappa shape index (κ3) is 4.08. The van der Waals surface area contributed by atoms with Gasteiger partial charge in [-0.05, 0) is 55.3 Å². The summed E-state index contributed by atoms with van der Waals surface area (Å²) in [5, 5.41) is 0. The number of carbonyl (C=O) groups is 3. The van der Waals surface area contributed by atoms with Crippen LogP contribution in [0.2, 0.25) is 0 Å². The van der Waals surface area contributed by atoms with Crippen molar-refractivity contribution in [3.63, 3.8) is 0 Å². The van der Waals surface area contributed by atoms with Gasteiger partial charge in [-0.25, -0.2) is 0 Å². The van der Waals surface area contributed by atoms with Crippen LogP contribution in [0.4, 0.5) is 5.69 Å². The molecule has 1 saturated heterocycles. The maximum atomic E-state index is 12.9. The predicted octanol–water partition coefficient (Wildman–Crippen LogP) is 3.36. The minimum absolute atomic E-state index is 0.219. The number of benzene rings is 2. The monoisotopic (exact) mass is 437 g/mol. The highest BCUT2D eigenvalue weighted by Crippen LogP contribution is 2.25. The Morgan fingerprint density at radius 1 is 1.10 bits per heavy atom. The van der Waals surface area contributed by atoms with E-state index in [1.54, 1.807) is 31.4 Å². The number of amides is 3. The number of imide groups is 1. The largest absolute Gasteiger partial charge is 0.383 e. The lowest BCUT2D eigenvalue weighted by molar-refractivity contribution is -0.121. The van der Waals surface area contributed by atoms with E-state index in [9.17, 15) is 14.4 Å². The van der Waals surface area contributed by atoms with Crippen molar-refractivity contribution in [3.8, 4) is 0 Å². The normalized spacial score (nSPS) is 14.8. The summed E-state index contributed by atoms with van der Waals surface area (Å²) in [4.78, 5) is 42.9. The number of anilines is 1. The van der Waals surface area contributed by atoms with Crippen LogP contribution < -0.4 is 9.70 Å². The number of thiazole rings is 1. The Hall–Kier alpha value is -3.10. The maximum Gasteiger partial charge on any atom is 0.279 e. The second-order valence-corrected chi connectivity index (χ2v) is 8.52. The third-order valence-corrected chi connectivity index (χ3v) is 6.48. The Kier molecular flexibility index (Phi) is 5.84. The van der Waals surface area contributed by atoms with Gasteiger partial charge in [-0.1, -0.05) is 17.4 Å². The third-order valence-electron chi connectivity index (χ3n) is 5.25. The number of hydrogen-bond donors (Lipinski definition) is 0. The van der Waals surface area contributed by atoms with Crippen LogP contribution in [-0.4, -0.2) is 36.0 Å². The zero-order valence-electron chi connectivity index (χ0n) is 17.7. The molecule has 2 heterocycles. The van der Waals surface area contributed by atoms with Crippen molar-refractivity contribution in [2.24, 2.45) is 4.99 Å². The fourth-order valence-corrected chi connectivity index (χ4v) is 4.87. The quantitative estimate of drug-likeness (QED) is 0.573. The van der Waals surface area contributed by atoms with Crippen LogP contribution in [0, 0.1) is 13.8 Å². The maximum absolute atomic E-state index is 12.9. The Bertz CT molecular complexity index is 1240. The summed E-state index contributed by atoms with van der Waals surface area (Å²) in [6.07, 6.45) is 0.447. The van der Waals surface area contributed by atoms with E-state index in [2.05, 4.69) is 24.0 Å². The molecule has 0 bridgehead atoms. The number of fused-ring (bicyclic) bond motifs is 1. The molecule has 0 saturated carbocycles. The molecule has 0 N–H and O–H groups in total. The van der Waals surface area contributed by atoms with E-state index in [-0.39, 0.29) is 30.6 Å². The number of hydrogen-bond acceptors (Lipinski definition) is 5. The summed E-state index contributed by atoms with van der Waals surface area (Å²) in [5.41, 5.74) is 4.20. The summed E-state index contributed by atoms with van der Waals surface area (Å²) in [6, 6.07) is 10.6. The van der Waals surface area contributed by atoms with Gasteiger partial charge in [0.25, 0.3) is 5.91 Å². The van der Waals surface area contributed by atoms with Gasteiger partial charge in [0.1, 0.15) is 0 Å². The number of carbonyl (C=O) groups excluding carboxylic acids is 3. The summed E-state index contributed by atoms with van der Waals surface area (Å²) in [5.74, 6) is -0.814. The Morgan fingerprint density at radius 2 is 1.77 bits per heavy atom. The molecule has 31 heavy (non-hydrogen) atoms. The van der Waals surface area contributed by atoms with Gasteiger partial charge < -0.3 is 9.30 Å². The van der Waals surface area contributed by atoms with Crippen molar-refractivity contribution in [1.29, 1.82) is 0 Å². The second kappa shape index (κ2) is 8.56. The average Bonchev–Trinajstić information content (AvgIpc) is 3.25. The molecule has 1 aliphatic rings. The van der Waals surface area contributed by atoms with E-state index in [0.717, 1.165) is 21.3 Å². The smallest absolute Gasteiger partial charge is 0.279 e. The highest BCUT2D eigenvalue weighted by molar-refractivity contribution is 7.16. The average molecular weight is 438 g/mol. The molecule has 0 spiro atoms. The van der Waals surface area contributed by atoms with Gasteiger partial charge in [0.2, 0.25) is 11.8 Å². The molecule has 1 fully saturated rings. The zero-order valence-corrected chi connectivity index (χ0v) is 18.5. The van der Waals surface area contributed by atoms with E-state index in [1.807, 2.05) is 11.5 Å². The van der Waals surface area contributed by atoms with E-state index >= 15 is 0 Å². The number of aromatic nitrogens is 1. The highest BCUT2D eigenvalue weighted by atomic mass is 32.1. The zero-order chi connectivity index (χ0) is 22.1. The Morgan fingerprint density at radius 3 is 2.42 bits per heavy atom. The van der Waals surface area contributed by atoms with E-state index in [0.29, 0.717) is 29.2 Å². The SMILES string of the molecule is COCCn1c(=NC(=O)c2ccc(N3C(=O)CCC3=O)cc2)sc2c(C)cc(C)cc21. The lowest BCUT2D eigenvalue weighted by atomic mass is 10.1. The van der Waals surface area contributed by atoms with Gasteiger partial charge in [-0.3, -0.25) is 19.3 Å². The minimum Gasteiger partial charge on any atom is -0.383 e. The molecular weight excluding hydrogens is 414 g/mol. The molecule has 3 amide bonds. The molecule has 0 unspecified atom stereocenters. The molecule has 1 aliphatic heterocycles. The minimum atomic E-state index is -0.377. The highest BCUT2D eigenvalue weighted by Gasteiger charge is 2.30. The second-order valence-electron chi connectivity index (χ2n) is 7.55. The molecule has 8 heteroatoms. The molecular formula is C23H23N3O4S. The van der Waals surface area contributed by atoms with Crippen molar-refractivity contribution in [1.82, 2.24) is 4.57 Å². The molecule has 7 nitrogen and oxygen atoms in total. The molecule has 0 aliphatic carbocycles. The number of ether oxygens (including phenoxy) is 1. The molecule has 4 rings (SSSR count). The van der Waals surface area contributed by atoms with E-state index in [4.69, 9.17) is 4.74 Å². The van der Waals surface area contributed by atoms with Gasteiger partial charge in [0.15, 0.2) is 4.80 Å². The van der Waals surface area contributed by atoms with Crippen molar-refractivity contribution < 1.29 is 19.1 Å². The van der Waals surface area contributed by atoms with Crippen LogP contribution in [0.1, 0.15) is 34.3 Å². The van der Waals surface area contributed by atoms with Crippen LogP contribution in [0.25, 0.3) is 10.2 Å². The molecule has 0 radical (unpaired) electrons. The molecule has 0 atom stereocenters. The fourth-order valence-electron chi connectivity index (χ4n) is 3.77. The number of aryl methyl sites for hydroxylation is 2. The topological polar surface area (TPSA) is 81.0 Å². The fraction of sp³-hybridized carbons (Fsp3) is 0.304. The number of methoxy groups -OCH3 is 1. The standard InChI is InChI=1S/C23H23N3O4S/c1-14-12-15(2)21-18(13-14)25(10-11-30-3)23(31-21)24-22(29)16-4-6-17(7-5-16)26-19(27)8-9-20(26)28/h4-7,12-13H,8-11H2,1-3H3. The van der Waals surface area contributed by atoms with Gasteiger partial charge in [0.05, 0.1) is 22.5 Å². The molecule has 1 aromatic heterocycles. The van der Waals surface area contributed by atoms with Crippen LogP contribution in [0.3, 0.4) is 0 Å². The first kappa shape index (κ1) is 21.1. The van der Waals surface area contributed by atoms with Crippen molar-refractivity contribution in [2.45, 2.75) is 33.2 Å². The molecule has 160 valence electrons. The summed E-state index contributed by atoms with van der Waals surface area (Å²) >= 11 is 1.48.